The number of nitrogen functional groups attached to an aromatic ring is 1. The van der Waals surface area contributed by atoms with E-state index in [2.05, 4.69) is 31.1 Å². The Bertz CT molecular complexity index is 713. The number of nitrogens with two attached hydrogens (primary N) is 1. The Hall–Kier alpha value is -1.89. The predicted octanol–water partition coefficient (Wildman–Crippen LogP) is 1.56. The third-order valence-electron chi connectivity index (χ3n) is 2.84. The van der Waals surface area contributed by atoms with Gasteiger partial charge in [-0.1, -0.05) is 15.9 Å². The highest BCUT2D eigenvalue weighted by Gasteiger charge is 2.11. The van der Waals surface area contributed by atoms with Gasteiger partial charge in [0.2, 0.25) is 5.95 Å². The Morgan fingerprint density at radius 1 is 1.39 bits per heavy atom. The number of aryl methyl sites for hydroxylation is 1. The molecule has 7 heteroatoms. The molecule has 0 spiro atoms. The number of nitrogens with zero attached hydrogens (tertiary/aromatic N) is 5. The van der Waals surface area contributed by atoms with Crippen LogP contribution < -0.4 is 5.73 Å². The quantitative estimate of drug-likeness (QED) is 0.779. The topological polar surface area (TPSA) is 74.5 Å². The summed E-state index contributed by atoms with van der Waals surface area (Å²) in [5, 5.41) is 7.92. The summed E-state index contributed by atoms with van der Waals surface area (Å²) in [7, 11) is 1.90. The van der Waals surface area contributed by atoms with Crippen molar-refractivity contribution >= 4 is 32.9 Å². The maximum absolute atomic E-state index is 5.95. The Labute approximate surface area is 112 Å². The Kier molecular flexibility index (Phi) is 2.55. The molecular weight excluding hydrogens is 296 g/mol. The molecule has 18 heavy (non-hydrogen) atoms. The zero-order valence-corrected chi connectivity index (χ0v) is 11.3. The van der Waals surface area contributed by atoms with Gasteiger partial charge in [-0.05, 0) is 18.2 Å². The van der Waals surface area contributed by atoms with E-state index in [0.717, 1.165) is 21.3 Å². The van der Waals surface area contributed by atoms with Crippen molar-refractivity contribution in [2.45, 2.75) is 6.54 Å². The fraction of sp³-hybridized carbons (Fsp3) is 0.182. The summed E-state index contributed by atoms with van der Waals surface area (Å²) >= 11 is 3.45. The lowest BCUT2D eigenvalue weighted by Crippen LogP contribution is -2.08. The van der Waals surface area contributed by atoms with Crippen LogP contribution in [-0.4, -0.2) is 24.3 Å². The Morgan fingerprint density at radius 2 is 2.22 bits per heavy atom. The summed E-state index contributed by atoms with van der Waals surface area (Å²) < 4.78 is 4.78. The molecule has 2 heterocycles. The molecule has 3 rings (SSSR count). The van der Waals surface area contributed by atoms with Crippen LogP contribution in [0, 0.1) is 0 Å². The number of aromatic nitrogens is 5. The molecule has 1 aromatic carbocycles. The lowest BCUT2D eigenvalue weighted by Gasteiger charge is -2.05. The van der Waals surface area contributed by atoms with E-state index in [1.807, 2.05) is 34.4 Å². The summed E-state index contributed by atoms with van der Waals surface area (Å²) in [6, 6.07) is 5.87. The lowest BCUT2D eigenvalue weighted by molar-refractivity contribution is 0.718. The van der Waals surface area contributed by atoms with Gasteiger partial charge in [-0.2, -0.15) is 0 Å². The highest BCUT2D eigenvalue weighted by molar-refractivity contribution is 9.10. The van der Waals surface area contributed by atoms with E-state index in [0.29, 0.717) is 12.5 Å². The van der Waals surface area contributed by atoms with Gasteiger partial charge >= 0.3 is 0 Å². The molecule has 0 aliphatic carbocycles. The first-order chi connectivity index (χ1) is 8.65. The van der Waals surface area contributed by atoms with Crippen LogP contribution in [-0.2, 0) is 13.6 Å². The molecule has 92 valence electrons. The van der Waals surface area contributed by atoms with Crippen molar-refractivity contribution in [1.82, 2.24) is 24.3 Å². The van der Waals surface area contributed by atoms with Crippen LogP contribution in [0.15, 0.2) is 29.0 Å². The van der Waals surface area contributed by atoms with Crippen LogP contribution >= 0.6 is 15.9 Å². The minimum Gasteiger partial charge on any atom is -0.369 e. The fourth-order valence-corrected chi connectivity index (χ4v) is 2.22. The van der Waals surface area contributed by atoms with Gasteiger partial charge in [0, 0.05) is 11.5 Å². The van der Waals surface area contributed by atoms with E-state index < -0.39 is 0 Å². The average Bonchev–Trinajstić information content (AvgIpc) is 2.86. The van der Waals surface area contributed by atoms with E-state index >= 15 is 0 Å². The van der Waals surface area contributed by atoms with Gasteiger partial charge in [-0.3, -0.25) is 0 Å². The molecule has 2 aromatic heterocycles. The molecule has 0 saturated carbocycles. The van der Waals surface area contributed by atoms with Gasteiger partial charge in [-0.15, -0.1) is 10.2 Å². The molecule has 0 fully saturated rings. The number of anilines is 1. The minimum atomic E-state index is 0.478. The average molecular weight is 307 g/mol. The number of halogens is 1. The summed E-state index contributed by atoms with van der Waals surface area (Å²) in [6.45, 7) is 0.551. The number of benzene rings is 1. The molecule has 3 aromatic rings. The fourth-order valence-electron chi connectivity index (χ4n) is 1.87. The molecule has 0 radical (unpaired) electrons. The highest BCUT2D eigenvalue weighted by atomic mass is 79.9. The van der Waals surface area contributed by atoms with Crippen molar-refractivity contribution in [3.63, 3.8) is 0 Å². The van der Waals surface area contributed by atoms with E-state index in [-0.39, 0.29) is 0 Å². The highest BCUT2D eigenvalue weighted by Crippen LogP contribution is 2.22. The largest absolute Gasteiger partial charge is 0.369 e. The van der Waals surface area contributed by atoms with E-state index in [1.54, 1.807) is 6.33 Å². The van der Waals surface area contributed by atoms with Crippen LogP contribution in [0.25, 0.3) is 11.0 Å². The summed E-state index contributed by atoms with van der Waals surface area (Å²) in [5.41, 5.74) is 7.80. The lowest BCUT2D eigenvalue weighted by atomic mass is 10.3. The summed E-state index contributed by atoms with van der Waals surface area (Å²) in [5.74, 6) is 1.31. The molecule has 0 atom stereocenters. The zero-order valence-electron chi connectivity index (χ0n) is 9.71. The maximum atomic E-state index is 5.95. The first-order valence-corrected chi connectivity index (χ1v) is 6.18. The molecule has 2 N–H and O–H groups in total. The molecule has 0 bridgehead atoms. The minimum absolute atomic E-state index is 0.478. The van der Waals surface area contributed by atoms with Crippen molar-refractivity contribution in [3.05, 3.63) is 34.8 Å². The Balaban J connectivity index is 2.13. The van der Waals surface area contributed by atoms with Crippen molar-refractivity contribution in [2.75, 3.05) is 5.73 Å². The van der Waals surface area contributed by atoms with Gasteiger partial charge in [0.1, 0.15) is 6.33 Å². The van der Waals surface area contributed by atoms with Crippen LogP contribution in [0.5, 0.6) is 0 Å². The SMILES string of the molecule is Cn1cnnc1Cn1c(N)nc2ccc(Br)cc21. The van der Waals surface area contributed by atoms with Gasteiger partial charge in [0.15, 0.2) is 5.82 Å². The van der Waals surface area contributed by atoms with Gasteiger partial charge < -0.3 is 14.9 Å². The second-order valence-electron chi connectivity index (χ2n) is 4.05. The van der Waals surface area contributed by atoms with Gasteiger partial charge in [-0.25, -0.2) is 4.98 Å². The van der Waals surface area contributed by atoms with Crippen LogP contribution in [0.3, 0.4) is 0 Å². The second kappa shape index (κ2) is 4.09. The number of imidazole rings is 1. The van der Waals surface area contributed by atoms with Crippen LogP contribution in [0.1, 0.15) is 5.82 Å². The normalized spacial score (nSPS) is 11.2. The summed E-state index contributed by atoms with van der Waals surface area (Å²) in [6.07, 6.45) is 1.67. The molecule has 0 aliphatic rings. The molecule has 0 aliphatic heterocycles. The third kappa shape index (κ3) is 1.76. The predicted molar refractivity (Wildman–Crippen MR) is 72.0 cm³/mol. The maximum Gasteiger partial charge on any atom is 0.201 e. The number of rotatable bonds is 2. The molecule has 0 unspecified atom stereocenters. The molecule has 0 amide bonds. The molecule has 6 nitrogen and oxygen atoms in total. The van der Waals surface area contributed by atoms with Crippen molar-refractivity contribution in [3.8, 4) is 0 Å². The number of hydrogen-bond acceptors (Lipinski definition) is 4. The van der Waals surface area contributed by atoms with Crippen molar-refractivity contribution in [1.29, 1.82) is 0 Å². The van der Waals surface area contributed by atoms with Gasteiger partial charge in [0.05, 0.1) is 17.6 Å². The molecular formula is C11H11BrN6. The van der Waals surface area contributed by atoms with Crippen molar-refractivity contribution < 1.29 is 0 Å². The zero-order chi connectivity index (χ0) is 12.7. The van der Waals surface area contributed by atoms with E-state index in [9.17, 15) is 0 Å². The second-order valence-corrected chi connectivity index (χ2v) is 4.96. The van der Waals surface area contributed by atoms with Crippen LogP contribution in [0.4, 0.5) is 5.95 Å². The van der Waals surface area contributed by atoms with Crippen molar-refractivity contribution in [2.24, 2.45) is 7.05 Å². The van der Waals surface area contributed by atoms with Crippen LogP contribution in [0.2, 0.25) is 0 Å². The first-order valence-electron chi connectivity index (χ1n) is 5.39. The summed E-state index contributed by atoms with van der Waals surface area (Å²) in [4.78, 5) is 4.33. The first kappa shape index (κ1) is 11.2. The number of hydrogen-bond donors (Lipinski definition) is 1. The monoisotopic (exact) mass is 306 g/mol. The molecule has 0 saturated heterocycles. The van der Waals surface area contributed by atoms with E-state index in [1.165, 1.54) is 0 Å². The third-order valence-corrected chi connectivity index (χ3v) is 3.34. The standard InChI is InChI=1S/C11H11BrN6/c1-17-6-14-16-10(17)5-18-9-4-7(12)2-3-8(9)15-11(18)13/h2-4,6H,5H2,1H3,(H2,13,15). The number of fused-ring (bicyclic) bond motifs is 1. The smallest absolute Gasteiger partial charge is 0.201 e. The Morgan fingerprint density at radius 3 is 2.94 bits per heavy atom. The van der Waals surface area contributed by atoms with Gasteiger partial charge in [0.25, 0.3) is 0 Å². The van der Waals surface area contributed by atoms with E-state index in [4.69, 9.17) is 5.73 Å².